The Morgan fingerprint density at radius 3 is 2.81 bits per heavy atom. The maximum Gasteiger partial charge on any atom is 0.271 e. The van der Waals surface area contributed by atoms with Gasteiger partial charge in [0.25, 0.3) is 5.91 Å². The van der Waals surface area contributed by atoms with Gasteiger partial charge in [-0.3, -0.25) is 19.2 Å². The number of methoxy groups -OCH3 is 1. The van der Waals surface area contributed by atoms with Gasteiger partial charge in [-0.2, -0.15) is 0 Å². The number of likely N-dealkylation sites (tertiary alicyclic amines) is 1. The lowest BCUT2D eigenvalue weighted by molar-refractivity contribution is -0.133. The standard InChI is InChI=1S/C26H32N4O6/c1-36-22-7-3-6-18-17(22)11-20(28-18)26(35)30-12-15-4-2-5-16(15)23(30)25(34)29-19(21(32)13-31)10-14-8-9-27-24(14)33/h3,6-7,11,14-16,19,23,28,31H,2,4-5,8-10,12-13H2,1H3,(H,27,33)(H,29,34)/t14-,15+,16+,19+,23+/m1/s1. The molecule has 4 N–H and O–H groups in total. The van der Waals surface area contributed by atoms with Crippen LogP contribution in [0.3, 0.4) is 0 Å². The summed E-state index contributed by atoms with van der Waals surface area (Å²) in [6.45, 7) is 0.273. The summed E-state index contributed by atoms with van der Waals surface area (Å²) in [4.78, 5) is 56.6. The maximum atomic E-state index is 13.7. The molecule has 36 heavy (non-hydrogen) atoms. The first-order chi connectivity index (χ1) is 17.4. The highest BCUT2D eigenvalue weighted by Crippen LogP contribution is 2.43. The highest BCUT2D eigenvalue weighted by Gasteiger charge is 2.50. The lowest BCUT2D eigenvalue weighted by atomic mass is 9.92. The number of carbonyl (C=O) groups excluding carboxylic acids is 4. The minimum atomic E-state index is -0.980. The fraction of sp³-hybridized carbons (Fsp3) is 0.538. The van der Waals surface area contributed by atoms with Crippen LogP contribution in [-0.2, 0) is 14.4 Å². The van der Waals surface area contributed by atoms with E-state index in [0.717, 1.165) is 30.2 Å². The van der Waals surface area contributed by atoms with Crippen LogP contribution < -0.4 is 15.4 Å². The fourth-order valence-corrected chi connectivity index (χ4v) is 6.22. The highest BCUT2D eigenvalue weighted by atomic mass is 16.5. The zero-order valence-corrected chi connectivity index (χ0v) is 20.3. The third kappa shape index (κ3) is 4.34. The van der Waals surface area contributed by atoms with Crippen molar-refractivity contribution in [2.75, 3.05) is 26.8 Å². The van der Waals surface area contributed by atoms with Crippen LogP contribution in [-0.4, -0.2) is 77.4 Å². The second-order valence-corrected chi connectivity index (χ2v) is 10.1. The van der Waals surface area contributed by atoms with E-state index >= 15 is 0 Å². The summed E-state index contributed by atoms with van der Waals surface area (Å²) in [6, 6.07) is 5.57. The summed E-state index contributed by atoms with van der Waals surface area (Å²) in [6.07, 6.45) is 3.47. The van der Waals surface area contributed by atoms with Gasteiger partial charge in [0.05, 0.1) is 13.2 Å². The SMILES string of the molecule is COc1cccc2[nH]c(C(=O)N3C[C@@H]4CCC[C@@H]4[C@H]3C(=O)N[C@@H](C[C@H]3CCNC3=O)C(=O)CO)cc12. The molecule has 2 saturated heterocycles. The summed E-state index contributed by atoms with van der Waals surface area (Å²) in [5, 5.41) is 15.8. The van der Waals surface area contributed by atoms with E-state index in [1.165, 1.54) is 0 Å². The second kappa shape index (κ2) is 9.93. The normalized spacial score (nSPS) is 26.1. The Bertz CT molecular complexity index is 1190. The van der Waals surface area contributed by atoms with Crippen molar-refractivity contribution in [1.29, 1.82) is 0 Å². The Hall–Kier alpha value is -3.40. The minimum Gasteiger partial charge on any atom is -0.496 e. The van der Waals surface area contributed by atoms with Gasteiger partial charge in [0.1, 0.15) is 24.1 Å². The monoisotopic (exact) mass is 496 g/mol. The van der Waals surface area contributed by atoms with Crippen molar-refractivity contribution in [3.63, 3.8) is 0 Å². The van der Waals surface area contributed by atoms with Gasteiger partial charge in [-0.05, 0) is 55.7 Å². The molecule has 10 nitrogen and oxygen atoms in total. The average molecular weight is 497 g/mol. The molecule has 1 aromatic heterocycles. The molecular weight excluding hydrogens is 464 g/mol. The molecular formula is C26H32N4O6. The van der Waals surface area contributed by atoms with Gasteiger partial charge in [-0.15, -0.1) is 0 Å². The number of aliphatic hydroxyl groups is 1. The van der Waals surface area contributed by atoms with E-state index in [2.05, 4.69) is 15.6 Å². The molecule has 5 rings (SSSR count). The van der Waals surface area contributed by atoms with E-state index in [9.17, 15) is 24.3 Å². The minimum absolute atomic E-state index is 0.00696. The number of aliphatic hydroxyl groups excluding tert-OH is 1. The first-order valence-electron chi connectivity index (χ1n) is 12.6. The van der Waals surface area contributed by atoms with E-state index in [1.807, 2.05) is 18.2 Å². The molecule has 2 aromatic rings. The number of ketones is 1. The van der Waals surface area contributed by atoms with Crippen molar-refractivity contribution in [2.24, 2.45) is 17.8 Å². The van der Waals surface area contributed by atoms with Crippen LogP contribution in [0.4, 0.5) is 0 Å². The van der Waals surface area contributed by atoms with Crippen molar-refractivity contribution < 1.29 is 29.0 Å². The summed E-state index contributed by atoms with van der Waals surface area (Å²) >= 11 is 0. The van der Waals surface area contributed by atoms with Crippen molar-refractivity contribution in [1.82, 2.24) is 20.5 Å². The average Bonchev–Trinajstić information content (AvgIpc) is 3.66. The summed E-state index contributed by atoms with van der Waals surface area (Å²) in [5.74, 6) is -0.889. The Balaban J connectivity index is 1.39. The number of fused-ring (bicyclic) bond motifs is 2. The van der Waals surface area contributed by atoms with Crippen molar-refractivity contribution in [3.8, 4) is 5.75 Å². The van der Waals surface area contributed by atoms with E-state index in [0.29, 0.717) is 31.0 Å². The Labute approximate surface area is 208 Å². The maximum absolute atomic E-state index is 13.7. The third-order valence-electron chi connectivity index (χ3n) is 8.04. The van der Waals surface area contributed by atoms with Crippen LogP contribution in [0.25, 0.3) is 10.9 Å². The molecule has 3 heterocycles. The first kappa shape index (κ1) is 24.3. The van der Waals surface area contributed by atoms with Crippen LogP contribution in [0.2, 0.25) is 0 Å². The predicted molar refractivity (Wildman–Crippen MR) is 130 cm³/mol. The zero-order valence-electron chi connectivity index (χ0n) is 20.3. The summed E-state index contributed by atoms with van der Waals surface area (Å²) in [5.41, 5.74) is 1.14. The number of nitrogens with one attached hydrogen (secondary N) is 3. The van der Waals surface area contributed by atoms with E-state index < -0.39 is 36.3 Å². The number of benzene rings is 1. The fourth-order valence-electron chi connectivity index (χ4n) is 6.22. The summed E-state index contributed by atoms with van der Waals surface area (Å²) < 4.78 is 5.42. The zero-order chi connectivity index (χ0) is 25.4. The number of Topliss-reactive ketones (excluding diaryl/α,β-unsaturated/α-hetero) is 1. The molecule has 3 aliphatic rings. The van der Waals surface area contributed by atoms with Gasteiger partial charge in [0.2, 0.25) is 11.8 Å². The number of aromatic nitrogens is 1. The van der Waals surface area contributed by atoms with Gasteiger partial charge in [-0.25, -0.2) is 0 Å². The number of aromatic amines is 1. The molecule has 1 aliphatic carbocycles. The van der Waals surface area contributed by atoms with Crippen molar-refractivity contribution in [2.45, 2.75) is 44.2 Å². The van der Waals surface area contributed by atoms with Crippen LogP contribution in [0.15, 0.2) is 24.3 Å². The molecule has 0 unspecified atom stereocenters. The van der Waals surface area contributed by atoms with Crippen molar-refractivity contribution >= 4 is 34.4 Å². The first-order valence-corrected chi connectivity index (χ1v) is 12.6. The molecule has 3 amide bonds. The second-order valence-electron chi connectivity index (χ2n) is 10.1. The lowest BCUT2D eigenvalue weighted by Gasteiger charge is -2.29. The predicted octanol–water partition coefficient (Wildman–Crippen LogP) is 0.990. The van der Waals surface area contributed by atoms with Gasteiger partial charge in [-0.1, -0.05) is 12.5 Å². The molecule has 2 aliphatic heterocycles. The van der Waals surface area contributed by atoms with Gasteiger partial charge < -0.3 is 30.4 Å². The third-order valence-corrected chi connectivity index (χ3v) is 8.04. The number of rotatable bonds is 8. The smallest absolute Gasteiger partial charge is 0.271 e. The largest absolute Gasteiger partial charge is 0.496 e. The Morgan fingerprint density at radius 1 is 1.25 bits per heavy atom. The molecule has 0 spiro atoms. The Morgan fingerprint density at radius 2 is 2.08 bits per heavy atom. The molecule has 1 aromatic carbocycles. The molecule has 3 fully saturated rings. The number of amides is 3. The number of hydrogen-bond donors (Lipinski definition) is 4. The molecule has 0 bridgehead atoms. The number of ether oxygens (including phenoxy) is 1. The van der Waals surface area contributed by atoms with Crippen molar-refractivity contribution in [3.05, 3.63) is 30.0 Å². The molecule has 0 radical (unpaired) electrons. The topological polar surface area (TPSA) is 141 Å². The van der Waals surface area contributed by atoms with Gasteiger partial charge in [0, 0.05) is 29.9 Å². The summed E-state index contributed by atoms with van der Waals surface area (Å²) in [7, 11) is 1.57. The molecule has 10 heteroatoms. The van der Waals surface area contributed by atoms with E-state index in [-0.39, 0.29) is 30.1 Å². The number of nitrogens with zero attached hydrogens (tertiary/aromatic N) is 1. The van der Waals surface area contributed by atoms with Gasteiger partial charge in [0.15, 0.2) is 5.78 Å². The highest BCUT2D eigenvalue weighted by molar-refractivity contribution is 6.02. The van der Waals surface area contributed by atoms with Crippen LogP contribution >= 0.6 is 0 Å². The molecule has 192 valence electrons. The van der Waals surface area contributed by atoms with Crippen LogP contribution in [0.1, 0.15) is 42.6 Å². The number of H-pyrrole nitrogens is 1. The Kier molecular flexibility index (Phi) is 6.70. The lowest BCUT2D eigenvalue weighted by Crippen LogP contribution is -2.53. The van der Waals surface area contributed by atoms with E-state index in [1.54, 1.807) is 18.1 Å². The quantitative estimate of drug-likeness (QED) is 0.430. The van der Waals surface area contributed by atoms with Gasteiger partial charge >= 0.3 is 0 Å². The number of carbonyl (C=O) groups is 4. The van der Waals surface area contributed by atoms with Crippen LogP contribution in [0, 0.1) is 17.8 Å². The molecule has 1 saturated carbocycles. The molecule has 5 atom stereocenters. The van der Waals surface area contributed by atoms with E-state index in [4.69, 9.17) is 4.74 Å². The number of hydrogen-bond acceptors (Lipinski definition) is 6. The van der Waals surface area contributed by atoms with Crippen LogP contribution in [0.5, 0.6) is 5.75 Å².